The van der Waals surface area contributed by atoms with Gasteiger partial charge in [0.15, 0.2) is 0 Å². The van der Waals surface area contributed by atoms with Gasteiger partial charge in [-0.2, -0.15) is 0 Å². The van der Waals surface area contributed by atoms with Gasteiger partial charge in [-0.1, -0.05) is 18.2 Å². The minimum Gasteiger partial charge on any atom is -0.459 e. The lowest BCUT2D eigenvalue weighted by molar-refractivity contribution is -0.125. The van der Waals surface area contributed by atoms with Gasteiger partial charge >= 0.3 is 0 Å². The maximum Gasteiger partial charge on any atom is 0.246 e. The van der Waals surface area contributed by atoms with Gasteiger partial charge in [-0.25, -0.2) is 4.98 Å². The first-order valence-corrected chi connectivity index (χ1v) is 9.50. The van der Waals surface area contributed by atoms with E-state index in [4.69, 9.17) is 4.42 Å². The van der Waals surface area contributed by atoms with E-state index in [0.29, 0.717) is 6.54 Å². The van der Waals surface area contributed by atoms with Crippen molar-refractivity contribution in [3.63, 3.8) is 0 Å². The summed E-state index contributed by atoms with van der Waals surface area (Å²) in [7, 11) is 1.78. The normalized spacial score (nSPS) is 13.6. The summed E-state index contributed by atoms with van der Waals surface area (Å²) in [4.78, 5) is 18.6. The Morgan fingerprint density at radius 3 is 2.96 bits per heavy atom. The van der Waals surface area contributed by atoms with Crippen LogP contribution in [-0.2, 0) is 11.3 Å². The number of benzene rings is 1. The SMILES string of the molecule is Cc1c(CN(C)C(=O)/C=C/c2cnc3c(c2)NCCCN3)oc2ccccc12. The van der Waals surface area contributed by atoms with Crippen molar-refractivity contribution < 1.29 is 9.21 Å². The predicted molar refractivity (Wildman–Crippen MR) is 112 cm³/mol. The molecule has 0 aliphatic carbocycles. The van der Waals surface area contributed by atoms with Gasteiger partial charge in [0.1, 0.15) is 17.2 Å². The molecule has 0 spiro atoms. The summed E-state index contributed by atoms with van der Waals surface area (Å²) in [5.74, 6) is 1.59. The van der Waals surface area contributed by atoms with Crippen LogP contribution in [0, 0.1) is 6.92 Å². The molecule has 1 aliphatic rings. The third kappa shape index (κ3) is 3.71. The molecule has 1 amide bonds. The molecule has 2 N–H and O–H groups in total. The Kier molecular flexibility index (Phi) is 5.02. The van der Waals surface area contributed by atoms with Crippen molar-refractivity contribution in [3.05, 3.63) is 59.5 Å². The number of nitrogens with zero attached hydrogens (tertiary/aromatic N) is 2. The number of pyridine rings is 1. The Bertz CT molecular complexity index is 1040. The first kappa shape index (κ1) is 18.1. The van der Waals surface area contributed by atoms with Crippen LogP contribution < -0.4 is 10.6 Å². The molecule has 4 rings (SSSR count). The summed E-state index contributed by atoms with van der Waals surface area (Å²) in [5.41, 5.74) is 3.78. The van der Waals surface area contributed by atoms with Crippen molar-refractivity contribution in [3.8, 4) is 0 Å². The quantitative estimate of drug-likeness (QED) is 0.673. The fraction of sp³-hybridized carbons (Fsp3) is 0.273. The molecule has 28 heavy (non-hydrogen) atoms. The second kappa shape index (κ2) is 7.76. The second-order valence-electron chi connectivity index (χ2n) is 7.05. The largest absolute Gasteiger partial charge is 0.459 e. The average molecular weight is 376 g/mol. The number of fused-ring (bicyclic) bond motifs is 2. The Hall–Kier alpha value is -3.28. The molecule has 3 aromatic rings. The average Bonchev–Trinajstić information content (AvgIpc) is 2.88. The molecule has 144 valence electrons. The van der Waals surface area contributed by atoms with Gasteiger partial charge in [0.2, 0.25) is 5.91 Å². The summed E-state index contributed by atoms with van der Waals surface area (Å²) >= 11 is 0. The number of furan rings is 1. The van der Waals surface area contributed by atoms with Crippen LogP contribution in [0.1, 0.15) is 23.3 Å². The van der Waals surface area contributed by atoms with E-state index in [-0.39, 0.29) is 5.91 Å². The zero-order valence-corrected chi connectivity index (χ0v) is 16.2. The van der Waals surface area contributed by atoms with Gasteiger partial charge in [0.25, 0.3) is 0 Å². The van der Waals surface area contributed by atoms with Crippen molar-refractivity contribution in [2.24, 2.45) is 0 Å². The summed E-state index contributed by atoms with van der Waals surface area (Å²) in [6.07, 6.45) is 6.19. The third-order valence-corrected chi connectivity index (χ3v) is 4.99. The van der Waals surface area contributed by atoms with E-state index in [1.165, 1.54) is 0 Å². The van der Waals surface area contributed by atoms with Gasteiger partial charge in [0.05, 0.1) is 12.2 Å². The lowest BCUT2D eigenvalue weighted by Gasteiger charge is -2.14. The first-order chi connectivity index (χ1) is 13.6. The summed E-state index contributed by atoms with van der Waals surface area (Å²) < 4.78 is 5.91. The molecule has 0 unspecified atom stereocenters. The Labute approximate surface area is 164 Å². The maximum absolute atomic E-state index is 12.5. The van der Waals surface area contributed by atoms with Crippen LogP contribution in [0.4, 0.5) is 11.5 Å². The highest BCUT2D eigenvalue weighted by atomic mass is 16.3. The number of nitrogens with one attached hydrogen (secondary N) is 2. The molecular formula is C22H24N4O2. The minimum absolute atomic E-state index is 0.0825. The molecule has 0 fully saturated rings. The molecule has 6 heteroatoms. The fourth-order valence-electron chi connectivity index (χ4n) is 3.33. The van der Waals surface area contributed by atoms with Crippen molar-refractivity contribution in [1.29, 1.82) is 0 Å². The van der Waals surface area contributed by atoms with E-state index in [2.05, 4.69) is 15.6 Å². The van der Waals surface area contributed by atoms with Crippen LogP contribution in [0.3, 0.4) is 0 Å². The van der Waals surface area contributed by atoms with Crippen molar-refractivity contribution >= 4 is 34.5 Å². The lowest BCUT2D eigenvalue weighted by atomic mass is 10.1. The number of anilines is 2. The standard InChI is InChI=1S/C22H24N4O2/c1-15-17-6-3-4-7-19(17)28-20(15)14-26(2)21(27)9-8-16-12-18-22(25-13-16)24-11-5-10-23-18/h3-4,6-9,12-13,23H,5,10-11,14H2,1-2H3,(H,24,25)/b9-8+. The summed E-state index contributed by atoms with van der Waals surface area (Å²) in [6, 6.07) is 9.93. The first-order valence-electron chi connectivity index (χ1n) is 9.50. The number of likely N-dealkylation sites (N-methyl/N-ethyl adjacent to an activating group) is 1. The molecule has 6 nitrogen and oxygen atoms in total. The molecule has 0 saturated heterocycles. The van der Waals surface area contributed by atoms with Gasteiger partial charge in [-0.3, -0.25) is 4.79 Å². The van der Waals surface area contributed by atoms with Crippen LogP contribution in [0.15, 0.2) is 47.0 Å². The van der Waals surface area contributed by atoms with Crippen LogP contribution in [0.2, 0.25) is 0 Å². The second-order valence-corrected chi connectivity index (χ2v) is 7.05. The maximum atomic E-state index is 12.5. The number of hydrogen-bond donors (Lipinski definition) is 2. The third-order valence-electron chi connectivity index (χ3n) is 4.99. The van der Waals surface area contributed by atoms with Gasteiger partial charge < -0.3 is 20.0 Å². The zero-order valence-electron chi connectivity index (χ0n) is 16.2. The van der Waals surface area contributed by atoms with E-state index in [9.17, 15) is 4.79 Å². The number of aromatic nitrogens is 1. The Morgan fingerprint density at radius 2 is 2.11 bits per heavy atom. The highest BCUT2D eigenvalue weighted by Gasteiger charge is 2.14. The van der Waals surface area contributed by atoms with E-state index in [0.717, 1.165) is 58.9 Å². The van der Waals surface area contributed by atoms with Crippen LogP contribution in [0.25, 0.3) is 17.0 Å². The Balaban J connectivity index is 1.45. The Morgan fingerprint density at radius 1 is 1.29 bits per heavy atom. The molecule has 1 aromatic carbocycles. The number of para-hydroxylation sites is 1. The molecule has 0 atom stereocenters. The number of carbonyl (C=O) groups excluding carboxylic acids is 1. The number of carbonyl (C=O) groups is 1. The molecule has 0 saturated carbocycles. The molecule has 3 heterocycles. The smallest absolute Gasteiger partial charge is 0.246 e. The van der Waals surface area contributed by atoms with E-state index in [1.807, 2.05) is 37.3 Å². The summed E-state index contributed by atoms with van der Waals surface area (Å²) in [5, 5.41) is 7.75. The number of hydrogen-bond acceptors (Lipinski definition) is 5. The molecule has 1 aliphatic heterocycles. The van der Waals surface area contributed by atoms with Gasteiger partial charge in [-0.05, 0) is 37.1 Å². The molecule has 0 bridgehead atoms. The zero-order chi connectivity index (χ0) is 19.5. The number of aryl methyl sites for hydroxylation is 1. The van der Waals surface area contributed by atoms with Crippen molar-refractivity contribution in [2.75, 3.05) is 30.8 Å². The van der Waals surface area contributed by atoms with E-state index >= 15 is 0 Å². The molecule has 0 radical (unpaired) electrons. The topological polar surface area (TPSA) is 70.4 Å². The van der Waals surface area contributed by atoms with Gasteiger partial charge in [-0.15, -0.1) is 0 Å². The van der Waals surface area contributed by atoms with E-state index in [1.54, 1.807) is 30.3 Å². The van der Waals surface area contributed by atoms with Crippen molar-refractivity contribution in [1.82, 2.24) is 9.88 Å². The number of rotatable bonds is 4. The fourth-order valence-corrected chi connectivity index (χ4v) is 3.33. The highest BCUT2D eigenvalue weighted by molar-refractivity contribution is 5.92. The predicted octanol–water partition coefficient (Wildman–Crippen LogP) is 4.04. The molecular weight excluding hydrogens is 352 g/mol. The summed E-state index contributed by atoms with van der Waals surface area (Å²) in [6.45, 7) is 4.27. The highest BCUT2D eigenvalue weighted by Crippen LogP contribution is 2.26. The number of amides is 1. The monoisotopic (exact) mass is 376 g/mol. The van der Waals surface area contributed by atoms with Crippen LogP contribution in [-0.4, -0.2) is 35.9 Å². The minimum atomic E-state index is -0.0825. The molecule has 2 aromatic heterocycles. The van der Waals surface area contributed by atoms with Gasteiger partial charge in [0, 0.05) is 43.4 Å². The van der Waals surface area contributed by atoms with Crippen molar-refractivity contribution in [2.45, 2.75) is 19.9 Å². The van der Waals surface area contributed by atoms with Crippen LogP contribution in [0.5, 0.6) is 0 Å². The lowest BCUT2D eigenvalue weighted by Crippen LogP contribution is -2.24. The van der Waals surface area contributed by atoms with E-state index < -0.39 is 0 Å². The van der Waals surface area contributed by atoms with Crippen LogP contribution >= 0.6 is 0 Å².